The van der Waals surface area contributed by atoms with Gasteiger partial charge in [0.25, 0.3) is 11.4 Å². The molecule has 2 aromatic heterocycles. The number of nitrogens with zero attached hydrogens (tertiary/aromatic N) is 5. The Labute approximate surface area is 181 Å². The van der Waals surface area contributed by atoms with Crippen LogP contribution in [0.4, 0.5) is 16.3 Å². The summed E-state index contributed by atoms with van der Waals surface area (Å²) in [5.41, 5.74) is 1.03. The summed E-state index contributed by atoms with van der Waals surface area (Å²) in [6.07, 6.45) is -0.0360. The van der Waals surface area contributed by atoms with Gasteiger partial charge < -0.3 is 29.1 Å². The Morgan fingerprint density at radius 2 is 2.06 bits per heavy atom. The number of ether oxygens (including phenoxy) is 1. The first-order chi connectivity index (χ1) is 14.6. The second kappa shape index (κ2) is 8.55. The zero-order valence-electron chi connectivity index (χ0n) is 18.6. The number of aryl methyl sites for hydroxylation is 1. The molecule has 0 bridgehead atoms. The molecule has 9 heteroatoms. The highest BCUT2D eigenvalue weighted by Crippen LogP contribution is 2.31. The largest absolute Gasteiger partial charge is 0.444 e. The first-order valence-electron chi connectivity index (χ1n) is 10.3. The maximum Gasteiger partial charge on any atom is 0.410 e. The van der Waals surface area contributed by atoms with E-state index in [0.29, 0.717) is 36.2 Å². The van der Waals surface area contributed by atoms with Crippen molar-refractivity contribution < 1.29 is 14.6 Å². The highest BCUT2D eigenvalue weighted by Gasteiger charge is 2.37. The van der Waals surface area contributed by atoms with E-state index in [0.717, 1.165) is 0 Å². The van der Waals surface area contributed by atoms with Crippen molar-refractivity contribution in [1.82, 2.24) is 14.5 Å². The number of hydrogen-bond donors (Lipinski definition) is 1. The third-order valence-corrected chi connectivity index (χ3v) is 5.41. The zero-order chi connectivity index (χ0) is 22.9. The molecule has 1 fully saturated rings. The molecule has 0 radical (unpaired) electrons. The first-order valence-corrected chi connectivity index (χ1v) is 10.3. The molecule has 2 aromatic rings. The van der Waals surface area contributed by atoms with Crippen molar-refractivity contribution in [3.05, 3.63) is 40.0 Å². The van der Waals surface area contributed by atoms with Crippen molar-refractivity contribution in [2.45, 2.75) is 51.8 Å². The number of anilines is 1. The topological polar surface area (TPSA) is 92.3 Å². The van der Waals surface area contributed by atoms with Crippen molar-refractivity contribution in [2.24, 2.45) is 7.05 Å². The quantitative estimate of drug-likeness (QED) is 0.758. The second-order valence-corrected chi connectivity index (χ2v) is 8.88. The molecule has 1 amide bonds. The fraction of sp³-hybridized carbons (Fsp3) is 0.545. The van der Waals surface area contributed by atoms with Crippen LogP contribution in [0.1, 0.15) is 34.1 Å². The predicted molar refractivity (Wildman–Crippen MR) is 118 cm³/mol. The molecule has 0 unspecified atom stereocenters. The lowest BCUT2D eigenvalue weighted by Gasteiger charge is -2.46. The van der Waals surface area contributed by atoms with Crippen LogP contribution in [0.15, 0.2) is 23.0 Å². The van der Waals surface area contributed by atoms with E-state index in [-0.39, 0.29) is 30.1 Å². The van der Waals surface area contributed by atoms with Gasteiger partial charge >= 0.3 is 6.09 Å². The standard InChI is InChI=1S/C22H29N5O4/c1-14-12-27(21(30)31-22(2,3)4)15(9-10-28)13-26(14)17-11-19(29)25(6)16-7-8-18(23-5)24-20(16)17/h7-8,11,14-15,28H,9-10,12-13H2,1-4,6H3/t14-,15+/m0/s1. The van der Waals surface area contributed by atoms with Crippen LogP contribution < -0.4 is 10.5 Å². The third kappa shape index (κ3) is 4.64. The van der Waals surface area contributed by atoms with Crippen LogP contribution >= 0.6 is 0 Å². The fourth-order valence-electron chi connectivity index (χ4n) is 3.90. The van der Waals surface area contributed by atoms with Gasteiger partial charge in [-0.2, -0.15) is 0 Å². The molecular weight excluding hydrogens is 398 g/mol. The molecule has 0 spiro atoms. The zero-order valence-corrected chi connectivity index (χ0v) is 18.6. The molecule has 1 N–H and O–H groups in total. The van der Waals surface area contributed by atoms with Gasteiger partial charge in [-0.05, 0) is 46.2 Å². The number of hydrogen-bond acceptors (Lipinski definition) is 6. The smallest absolute Gasteiger partial charge is 0.410 e. The molecule has 0 saturated carbocycles. The first kappa shape index (κ1) is 22.6. The van der Waals surface area contributed by atoms with Gasteiger partial charge in [-0.1, -0.05) is 6.57 Å². The van der Waals surface area contributed by atoms with E-state index in [2.05, 4.69) is 9.83 Å². The summed E-state index contributed by atoms with van der Waals surface area (Å²) in [6.45, 7) is 15.4. The highest BCUT2D eigenvalue weighted by molar-refractivity contribution is 5.90. The van der Waals surface area contributed by atoms with Crippen LogP contribution in [0.5, 0.6) is 0 Å². The molecule has 0 aromatic carbocycles. The van der Waals surface area contributed by atoms with E-state index >= 15 is 0 Å². The number of amides is 1. The maximum absolute atomic E-state index is 12.8. The average molecular weight is 428 g/mol. The average Bonchev–Trinajstić information content (AvgIpc) is 2.70. The summed E-state index contributed by atoms with van der Waals surface area (Å²) in [5, 5.41) is 9.60. The van der Waals surface area contributed by atoms with Gasteiger partial charge in [0.15, 0.2) is 0 Å². The number of aromatic nitrogens is 2. The van der Waals surface area contributed by atoms with Gasteiger partial charge in [0.2, 0.25) is 5.52 Å². The molecular formula is C22H29N5O4. The number of pyridine rings is 2. The summed E-state index contributed by atoms with van der Waals surface area (Å²) >= 11 is 0. The summed E-state index contributed by atoms with van der Waals surface area (Å²) in [4.78, 5) is 37.0. The maximum atomic E-state index is 12.8. The molecule has 0 aliphatic carbocycles. The summed E-state index contributed by atoms with van der Waals surface area (Å²) in [7, 11) is 1.67. The minimum Gasteiger partial charge on any atom is -0.444 e. The van der Waals surface area contributed by atoms with Gasteiger partial charge in [0, 0.05) is 38.9 Å². The van der Waals surface area contributed by atoms with Crippen molar-refractivity contribution in [2.75, 3.05) is 24.6 Å². The lowest BCUT2D eigenvalue weighted by molar-refractivity contribution is 0.00844. The number of aliphatic hydroxyl groups excluding tert-OH is 1. The van der Waals surface area contributed by atoms with Crippen molar-refractivity contribution in [1.29, 1.82) is 0 Å². The van der Waals surface area contributed by atoms with Crippen LogP contribution in [0.2, 0.25) is 0 Å². The molecule has 1 aliphatic heterocycles. The minimum atomic E-state index is -0.622. The van der Waals surface area contributed by atoms with E-state index in [1.54, 1.807) is 24.1 Å². The van der Waals surface area contributed by atoms with Gasteiger partial charge in [0.05, 0.1) is 17.2 Å². The molecule has 1 aliphatic rings. The highest BCUT2D eigenvalue weighted by atomic mass is 16.6. The van der Waals surface area contributed by atoms with Crippen LogP contribution in [0.25, 0.3) is 15.9 Å². The van der Waals surface area contributed by atoms with Crippen LogP contribution in [0, 0.1) is 6.57 Å². The van der Waals surface area contributed by atoms with Crippen LogP contribution in [0.3, 0.4) is 0 Å². The Morgan fingerprint density at radius 1 is 1.35 bits per heavy atom. The number of carbonyl (C=O) groups is 1. The predicted octanol–water partition coefficient (Wildman–Crippen LogP) is 2.68. The summed E-state index contributed by atoms with van der Waals surface area (Å²) in [5.74, 6) is 0.249. The number of aliphatic hydroxyl groups is 1. The molecule has 3 rings (SSSR count). The van der Waals surface area contributed by atoms with Crippen molar-refractivity contribution in [3.8, 4) is 0 Å². The molecule has 166 valence electrons. The third-order valence-electron chi connectivity index (χ3n) is 5.41. The van der Waals surface area contributed by atoms with E-state index in [4.69, 9.17) is 11.3 Å². The Balaban J connectivity index is 2.03. The van der Waals surface area contributed by atoms with Crippen LogP contribution in [-0.2, 0) is 11.8 Å². The number of carbonyl (C=O) groups excluding carboxylic acids is 1. The fourth-order valence-corrected chi connectivity index (χ4v) is 3.90. The lowest BCUT2D eigenvalue weighted by atomic mass is 10.0. The number of fused-ring (bicyclic) bond motifs is 1. The molecule has 3 heterocycles. The molecule has 9 nitrogen and oxygen atoms in total. The Bertz CT molecular complexity index is 1080. The van der Waals surface area contributed by atoms with Gasteiger partial charge in [-0.3, -0.25) is 4.79 Å². The van der Waals surface area contributed by atoms with E-state index < -0.39 is 11.7 Å². The molecule has 2 atom stereocenters. The normalized spacial score (nSPS) is 19.4. The summed E-state index contributed by atoms with van der Waals surface area (Å²) in [6, 6.07) is 4.43. The Hall–Kier alpha value is -3.12. The van der Waals surface area contributed by atoms with Crippen molar-refractivity contribution in [3.63, 3.8) is 0 Å². The van der Waals surface area contributed by atoms with Crippen molar-refractivity contribution >= 4 is 28.6 Å². The van der Waals surface area contributed by atoms with Gasteiger partial charge in [-0.25, -0.2) is 4.79 Å². The lowest BCUT2D eigenvalue weighted by Crippen LogP contribution is -2.60. The molecule has 1 saturated heterocycles. The minimum absolute atomic E-state index is 0.0798. The SMILES string of the molecule is [C-]#[N+]c1ccc2c(n1)c(N1C[C@@H](CCO)N(C(=O)OC(C)(C)C)C[C@@H]1C)cc(=O)n2C. The Kier molecular flexibility index (Phi) is 6.23. The second-order valence-electron chi connectivity index (χ2n) is 8.88. The van der Waals surface area contributed by atoms with E-state index in [1.165, 1.54) is 10.6 Å². The van der Waals surface area contributed by atoms with E-state index in [9.17, 15) is 14.7 Å². The van der Waals surface area contributed by atoms with Gasteiger partial charge in [-0.15, -0.1) is 4.98 Å². The number of rotatable bonds is 3. The van der Waals surface area contributed by atoms with Crippen LogP contribution in [-0.4, -0.2) is 63.0 Å². The van der Waals surface area contributed by atoms with Gasteiger partial charge in [0.1, 0.15) is 5.60 Å². The monoisotopic (exact) mass is 427 g/mol. The summed E-state index contributed by atoms with van der Waals surface area (Å²) < 4.78 is 7.07. The Morgan fingerprint density at radius 3 is 2.68 bits per heavy atom. The number of piperazine rings is 1. The molecule has 31 heavy (non-hydrogen) atoms. The van der Waals surface area contributed by atoms with E-state index in [1.807, 2.05) is 32.6 Å².